The standard InChI is InChI=1S/C19H27NO/c1-18-8-4-5-9-19(13-18)12-15(20(18)2)10-14-6-7-16(21-3)11-17(14)19/h6-7,11,15H,4-5,8-10,12-13H2,1-3H3/t15-,18?,19+/m0/s1. The molecule has 2 aliphatic carbocycles. The highest BCUT2D eigenvalue weighted by Gasteiger charge is 2.53. The maximum absolute atomic E-state index is 5.52. The van der Waals surface area contributed by atoms with Crippen LogP contribution in [0.5, 0.6) is 5.75 Å². The summed E-state index contributed by atoms with van der Waals surface area (Å²) in [7, 11) is 4.16. The summed E-state index contributed by atoms with van der Waals surface area (Å²) in [6.07, 6.45) is 9.38. The first-order valence-corrected chi connectivity index (χ1v) is 8.47. The molecule has 3 aliphatic rings. The Balaban J connectivity index is 1.88. The maximum atomic E-state index is 5.52. The van der Waals surface area contributed by atoms with E-state index in [4.69, 9.17) is 4.74 Å². The molecule has 2 heteroatoms. The molecule has 1 unspecified atom stereocenters. The maximum Gasteiger partial charge on any atom is 0.119 e. The predicted octanol–water partition coefficient (Wildman–Crippen LogP) is 3.92. The second-order valence-corrected chi connectivity index (χ2v) is 7.86. The van der Waals surface area contributed by atoms with E-state index >= 15 is 0 Å². The fraction of sp³-hybridized carbons (Fsp3) is 0.684. The van der Waals surface area contributed by atoms with Crippen LogP contribution in [0.4, 0.5) is 0 Å². The SMILES string of the molecule is COc1ccc2c(c1)[C@@]13CCCCC(C)(C1)N(C)[C@@H](C2)C3. The van der Waals surface area contributed by atoms with Crippen molar-refractivity contribution in [3.63, 3.8) is 0 Å². The van der Waals surface area contributed by atoms with Crippen LogP contribution in [0.2, 0.25) is 0 Å². The average Bonchev–Trinajstić information content (AvgIpc) is 2.64. The summed E-state index contributed by atoms with van der Waals surface area (Å²) in [5.74, 6) is 1.03. The lowest BCUT2D eigenvalue weighted by Crippen LogP contribution is -2.61. The predicted molar refractivity (Wildman–Crippen MR) is 86.0 cm³/mol. The van der Waals surface area contributed by atoms with Gasteiger partial charge in [-0.05, 0) is 74.8 Å². The molecule has 0 N–H and O–H groups in total. The third-order valence-corrected chi connectivity index (χ3v) is 6.71. The number of likely N-dealkylation sites (tertiary alicyclic amines) is 1. The summed E-state index contributed by atoms with van der Waals surface area (Å²) in [6.45, 7) is 2.50. The van der Waals surface area contributed by atoms with Crippen LogP contribution in [-0.4, -0.2) is 30.6 Å². The molecule has 1 aromatic carbocycles. The Morgan fingerprint density at radius 2 is 2.05 bits per heavy atom. The number of hydrogen-bond acceptors (Lipinski definition) is 2. The van der Waals surface area contributed by atoms with Crippen molar-refractivity contribution in [3.05, 3.63) is 29.3 Å². The third-order valence-electron chi connectivity index (χ3n) is 6.71. The van der Waals surface area contributed by atoms with E-state index < -0.39 is 0 Å². The van der Waals surface area contributed by atoms with Gasteiger partial charge in [-0.1, -0.05) is 18.9 Å². The number of likely N-dealkylation sites (N-methyl/N-ethyl adjacent to an activating group) is 1. The van der Waals surface area contributed by atoms with E-state index in [0.717, 1.165) is 11.8 Å². The largest absolute Gasteiger partial charge is 0.497 e. The van der Waals surface area contributed by atoms with Gasteiger partial charge in [0.05, 0.1) is 7.11 Å². The van der Waals surface area contributed by atoms with Crippen molar-refractivity contribution in [2.24, 2.45) is 0 Å². The molecule has 1 aliphatic heterocycles. The molecule has 0 aromatic heterocycles. The fourth-order valence-corrected chi connectivity index (χ4v) is 5.54. The quantitative estimate of drug-likeness (QED) is 0.775. The highest BCUT2D eigenvalue weighted by molar-refractivity contribution is 5.45. The van der Waals surface area contributed by atoms with Gasteiger partial charge in [0.2, 0.25) is 0 Å². The molecule has 2 nitrogen and oxygen atoms in total. The van der Waals surface area contributed by atoms with Crippen molar-refractivity contribution in [2.75, 3.05) is 14.2 Å². The van der Waals surface area contributed by atoms with E-state index in [0.29, 0.717) is 11.0 Å². The Labute approximate surface area is 128 Å². The summed E-state index contributed by atoms with van der Waals surface area (Å²) in [4.78, 5) is 2.71. The van der Waals surface area contributed by atoms with E-state index in [1.54, 1.807) is 18.2 Å². The van der Waals surface area contributed by atoms with Gasteiger partial charge in [0, 0.05) is 11.6 Å². The van der Waals surface area contributed by atoms with Gasteiger partial charge in [-0.3, -0.25) is 4.90 Å². The van der Waals surface area contributed by atoms with Crippen LogP contribution >= 0.6 is 0 Å². The summed E-state index contributed by atoms with van der Waals surface area (Å²) >= 11 is 0. The molecule has 1 saturated heterocycles. The summed E-state index contributed by atoms with van der Waals surface area (Å²) in [5, 5.41) is 0. The van der Waals surface area contributed by atoms with Crippen LogP contribution in [0.1, 0.15) is 56.6 Å². The number of nitrogens with zero attached hydrogens (tertiary/aromatic N) is 1. The normalized spacial score (nSPS) is 38.5. The topological polar surface area (TPSA) is 12.5 Å². The lowest BCUT2D eigenvalue weighted by molar-refractivity contribution is -0.0136. The fourth-order valence-electron chi connectivity index (χ4n) is 5.54. The van der Waals surface area contributed by atoms with Crippen LogP contribution in [0.25, 0.3) is 0 Å². The zero-order valence-corrected chi connectivity index (χ0v) is 13.6. The van der Waals surface area contributed by atoms with Crippen molar-refractivity contribution >= 4 is 0 Å². The van der Waals surface area contributed by atoms with Crippen LogP contribution < -0.4 is 4.74 Å². The van der Waals surface area contributed by atoms with E-state index in [1.165, 1.54) is 44.9 Å². The number of hydrogen-bond donors (Lipinski definition) is 0. The van der Waals surface area contributed by atoms with Crippen LogP contribution in [0, 0.1) is 0 Å². The Hall–Kier alpha value is -1.02. The van der Waals surface area contributed by atoms with Gasteiger partial charge in [-0.25, -0.2) is 0 Å². The van der Waals surface area contributed by atoms with Gasteiger partial charge in [0.25, 0.3) is 0 Å². The molecule has 1 spiro atoms. The van der Waals surface area contributed by atoms with Gasteiger partial charge in [-0.15, -0.1) is 0 Å². The Morgan fingerprint density at radius 3 is 2.86 bits per heavy atom. The van der Waals surface area contributed by atoms with Crippen LogP contribution in [-0.2, 0) is 11.8 Å². The molecule has 3 atom stereocenters. The number of rotatable bonds is 1. The molecule has 2 fully saturated rings. The highest BCUT2D eigenvalue weighted by Crippen LogP contribution is 2.55. The first kappa shape index (κ1) is 13.6. The molecule has 0 amide bonds. The molecule has 0 radical (unpaired) electrons. The molecular weight excluding hydrogens is 258 g/mol. The van der Waals surface area contributed by atoms with Gasteiger partial charge in [0.15, 0.2) is 0 Å². The number of benzene rings is 1. The minimum atomic E-state index is 0.389. The van der Waals surface area contributed by atoms with Gasteiger partial charge >= 0.3 is 0 Å². The van der Waals surface area contributed by atoms with Gasteiger partial charge in [-0.2, -0.15) is 0 Å². The number of ether oxygens (including phenoxy) is 1. The lowest BCUT2D eigenvalue weighted by Gasteiger charge is -2.58. The van der Waals surface area contributed by atoms with Gasteiger partial charge in [0.1, 0.15) is 5.75 Å². The Kier molecular flexibility index (Phi) is 2.91. The third kappa shape index (κ3) is 1.88. The summed E-state index contributed by atoms with van der Waals surface area (Å²) in [5.41, 5.74) is 3.98. The molecule has 114 valence electrons. The average molecular weight is 285 g/mol. The first-order valence-electron chi connectivity index (χ1n) is 8.47. The van der Waals surface area contributed by atoms with Gasteiger partial charge < -0.3 is 4.74 Å². The molecule has 4 rings (SSSR count). The molecule has 21 heavy (non-hydrogen) atoms. The Bertz CT molecular complexity index is 569. The molecule has 1 heterocycles. The molecule has 1 aromatic rings. The highest BCUT2D eigenvalue weighted by atomic mass is 16.5. The molecule has 3 bridgehead atoms. The smallest absolute Gasteiger partial charge is 0.119 e. The minimum absolute atomic E-state index is 0.389. The minimum Gasteiger partial charge on any atom is -0.497 e. The van der Waals surface area contributed by atoms with E-state index in [9.17, 15) is 0 Å². The zero-order valence-electron chi connectivity index (χ0n) is 13.6. The van der Waals surface area contributed by atoms with E-state index in [-0.39, 0.29) is 0 Å². The van der Waals surface area contributed by atoms with E-state index in [1.807, 2.05) is 0 Å². The second kappa shape index (κ2) is 4.49. The Morgan fingerprint density at radius 1 is 1.24 bits per heavy atom. The number of methoxy groups -OCH3 is 1. The second-order valence-electron chi connectivity index (χ2n) is 7.86. The van der Waals surface area contributed by atoms with Crippen LogP contribution in [0.3, 0.4) is 0 Å². The number of fused-ring (bicyclic) bond motifs is 3. The summed E-state index contributed by atoms with van der Waals surface area (Å²) in [6, 6.07) is 7.54. The number of piperidine rings is 1. The molecule has 1 saturated carbocycles. The van der Waals surface area contributed by atoms with Crippen molar-refractivity contribution in [2.45, 2.75) is 68.9 Å². The monoisotopic (exact) mass is 285 g/mol. The van der Waals surface area contributed by atoms with Crippen molar-refractivity contribution < 1.29 is 4.74 Å². The van der Waals surface area contributed by atoms with E-state index in [2.05, 4.69) is 37.1 Å². The van der Waals surface area contributed by atoms with Crippen molar-refractivity contribution in [3.8, 4) is 5.75 Å². The van der Waals surface area contributed by atoms with Crippen molar-refractivity contribution in [1.29, 1.82) is 0 Å². The van der Waals surface area contributed by atoms with Crippen molar-refractivity contribution in [1.82, 2.24) is 4.90 Å². The lowest BCUT2D eigenvalue weighted by atomic mass is 9.58. The van der Waals surface area contributed by atoms with Crippen LogP contribution in [0.15, 0.2) is 18.2 Å². The first-order chi connectivity index (χ1) is 10.1. The zero-order chi connectivity index (χ0) is 14.7. The summed E-state index contributed by atoms with van der Waals surface area (Å²) < 4.78 is 5.52. The molecular formula is C19H27NO.